The first-order valence-electron chi connectivity index (χ1n) is 5.11. The van der Waals surface area contributed by atoms with Crippen LogP contribution in [0.2, 0.25) is 0 Å². The summed E-state index contributed by atoms with van der Waals surface area (Å²) in [4.78, 5) is 0. The summed E-state index contributed by atoms with van der Waals surface area (Å²) in [6.07, 6.45) is -15.1. The maximum atomic E-state index is 13.0. The topological polar surface area (TPSA) is 0 Å². The fourth-order valence-electron chi connectivity index (χ4n) is 1.52. The fourth-order valence-corrected chi connectivity index (χ4v) is 1.52. The minimum absolute atomic E-state index is 0.609. The average molecular weight is 320 g/mol. The van der Waals surface area contributed by atoms with Crippen LogP contribution in [0.15, 0.2) is 47.8 Å². The van der Waals surface area contributed by atoms with E-state index in [1.54, 1.807) is 0 Å². The van der Waals surface area contributed by atoms with Gasteiger partial charge in [0, 0.05) is 0 Å². The Labute approximate surface area is 112 Å². The molecule has 0 aliphatic heterocycles. The van der Waals surface area contributed by atoms with Crippen molar-refractivity contribution in [1.82, 2.24) is 0 Å². The van der Waals surface area contributed by atoms with Gasteiger partial charge in [0.15, 0.2) is 0 Å². The summed E-state index contributed by atoms with van der Waals surface area (Å²) >= 11 is 0. The smallest absolute Gasteiger partial charge is 0.200 e. The van der Waals surface area contributed by atoms with E-state index in [1.165, 1.54) is 6.07 Å². The molecule has 0 aliphatic carbocycles. The van der Waals surface area contributed by atoms with Crippen LogP contribution in [0.1, 0.15) is 5.56 Å². The lowest BCUT2D eigenvalue weighted by molar-refractivity contribution is -0.101. The summed E-state index contributed by atoms with van der Waals surface area (Å²) in [5.41, 5.74) is -6.64. The largest absolute Gasteiger partial charge is 0.420 e. The van der Waals surface area contributed by atoms with Crippen molar-refractivity contribution in [2.75, 3.05) is 0 Å². The number of hydrogen-bond donors (Lipinski definition) is 0. The van der Waals surface area contributed by atoms with Crippen molar-refractivity contribution >= 4 is 5.57 Å². The molecule has 0 atom stereocenters. The number of benzene rings is 1. The Morgan fingerprint density at radius 1 is 0.714 bits per heavy atom. The molecule has 0 aliphatic rings. The molecule has 0 heterocycles. The van der Waals surface area contributed by atoms with E-state index < -0.39 is 41.0 Å². The fraction of sp³-hybridized carbons (Fsp3) is 0.167. The summed E-state index contributed by atoms with van der Waals surface area (Å²) < 4.78 is 114. The molecule has 116 valence electrons. The first-order valence-corrected chi connectivity index (χ1v) is 5.11. The van der Waals surface area contributed by atoms with E-state index in [0.29, 0.717) is 12.1 Å². The monoisotopic (exact) mass is 320 g/mol. The Kier molecular flexibility index (Phi) is 4.75. The Hall–Kier alpha value is -1.93. The molecule has 1 rings (SSSR count). The highest BCUT2D eigenvalue weighted by molar-refractivity contribution is 5.76. The van der Waals surface area contributed by atoms with E-state index in [1.807, 2.05) is 0 Å². The highest BCUT2D eigenvalue weighted by Gasteiger charge is 2.49. The standard InChI is InChI=1S/C12H5F9/c13-9(10(14)15)8(12(19,20)21)7(11(16,17)18)6-4-2-1-3-5-6/h1-5H/b8-7-. The quantitative estimate of drug-likeness (QED) is 0.488. The minimum atomic E-state index is -5.95. The predicted octanol–water partition coefficient (Wildman–Crippen LogP) is 5.64. The summed E-state index contributed by atoms with van der Waals surface area (Å²) in [7, 11) is 0. The van der Waals surface area contributed by atoms with E-state index in [4.69, 9.17) is 0 Å². The van der Waals surface area contributed by atoms with Crippen molar-refractivity contribution in [3.8, 4) is 0 Å². The molecule has 0 radical (unpaired) electrons. The highest BCUT2D eigenvalue weighted by Crippen LogP contribution is 2.45. The number of halogens is 9. The maximum Gasteiger partial charge on any atom is 0.420 e. The molecule has 0 spiro atoms. The molecule has 0 saturated carbocycles. The third kappa shape index (κ3) is 4.02. The molecule has 21 heavy (non-hydrogen) atoms. The van der Waals surface area contributed by atoms with Gasteiger partial charge in [0.25, 0.3) is 0 Å². The number of alkyl halides is 6. The first-order chi connectivity index (χ1) is 9.46. The zero-order chi connectivity index (χ0) is 16.4. The van der Waals surface area contributed by atoms with Gasteiger partial charge in [-0.2, -0.15) is 35.1 Å². The third-order valence-electron chi connectivity index (χ3n) is 2.26. The molecule has 1 aromatic carbocycles. The van der Waals surface area contributed by atoms with Crippen molar-refractivity contribution in [2.24, 2.45) is 0 Å². The molecule has 0 fully saturated rings. The molecule has 0 amide bonds. The maximum absolute atomic E-state index is 13.0. The van der Waals surface area contributed by atoms with Crippen molar-refractivity contribution in [3.63, 3.8) is 0 Å². The van der Waals surface area contributed by atoms with Gasteiger partial charge < -0.3 is 0 Å². The predicted molar refractivity (Wildman–Crippen MR) is 55.8 cm³/mol. The van der Waals surface area contributed by atoms with Crippen molar-refractivity contribution in [2.45, 2.75) is 12.4 Å². The van der Waals surface area contributed by atoms with Gasteiger partial charge in [-0.05, 0) is 5.56 Å². The van der Waals surface area contributed by atoms with Crippen LogP contribution in [0.5, 0.6) is 0 Å². The molecule has 0 N–H and O–H groups in total. The molecular weight excluding hydrogens is 315 g/mol. The highest BCUT2D eigenvalue weighted by atomic mass is 19.4. The first kappa shape index (κ1) is 17.1. The lowest BCUT2D eigenvalue weighted by Gasteiger charge is -2.19. The van der Waals surface area contributed by atoms with Gasteiger partial charge in [-0.15, -0.1) is 0 Å². The molecule has 1 aromatic rings. The molecule has 0 nitrogen and oxygen atoms in total. The normalized spacial score (nSPS) is 13.8. The van der Waals surface area contributed by atoms with Gasteiger partial charge in [-0.1, -0.05) is 30.3 Å². The molecule has 0 saturated heterocycles. The summed E-state index contributed by atoms with van der Waals surface area (Å²) in [6.45, 7) is 0. The van der Waals surface area contributed by atoms with E-state index >= 15 is 0 Å². The third-order valence-corrected chi connectivity index (χ3v) is 2.26. The lowest BCUT2D eigenvalue weighted by Crippen LogP contribution is -2.22. The summed E-state index contributed by atoms with van der Waals surface area (Å²) in [5, 5.41) is 0. The van der Waals surface area contributed by atoms with Gasteiger partial charge in [-0.3, -0.25) is 0 Å². The van der Waals surface area contributed by atoms with Gasteiger partial charge in [-0.25, -0.2) is 4.39 Å². The van der Waals surface area contributed by atoms with Crippen molar-refractivity contribution < 1.29 is 39.5 Å². The van der Waals surface area contributed by atoms with E-state index in [0.717, 1.165) is 12.1 Å². The van der Waals surface area contributed by atoms with E-state index in [2.05, 4.69) is 0 Å². The molecule has 0 bridgehead atoms. The number of hydrogen-bond acceptors (Lipinski definition) is 0. The van der Waals surface area contributed by atoms with Crippen LogP contribution in [0.3, 0.4) is 0 Å². The second kappa shape index (κ2) is 5.82. The summed E-state index contributed by atoms with van der Waals surface area (Å²) in [6, 6.07) is 4.34. The van der Waals surface area contributed by atoms with Crippen LogP contribution in [0.4, 0.5) is 39.5 Å². The molecule has 0 aromatic heterocycles. The SMILES string of the molecule is FC(F)=C(F)/C(=C(\c1ccccc1)C(F)(F)F)C(F)(F)F. The molecule has 0 unspecified atom stereocenters. The molecular formula is C12H5F9. The van der Waals surface area contributed by atoms with E-state index in [-0.39, 0.29) is 0 Å². The van der Waals surface area contributed by atoms with E-state index in [9.17, 15) is 39.5 Å². The zero-order valence-corrected chi connectivity index (χ0v) is 9.79. The lowest BCUT2D eigenvalue weighted by atomic mass is 9.98. The Morgan fingerprint density at radius 3 is 1.52 bits per heavy atom. The number of rotatable bonds is 2. The molecule has 9 heteroatoms. The second-order valence-electron chi connectivity index (χ2n) is 3.69. The van der Waals surface area contributed by atoms with Crippen LogP contribution in [0, 0.1) is 0 Å². The minimum Gasteiger partial charge on any atom is -0.200 e. The Balaban J connectivity index is 3.84. The van der Waals surface area contributed by atoms with Crippen LogP contribution >= 0.6 is 0 Å². The van der Waals surface area contributed by atoms with Gasteiger partial charge in [0.1, 0.15) is 5.57 Å². The number of allylic oxidation sites excluding steroid dienone is 3. The van der Waals surface area contributed by atoms with Crippen LogP contribution in [-0.2, 0) is 0 Å². The van der Waals surface area contributed by atoms with Gasteiger partial charge >= 0.3 is 18.4 Å². The van der Waals surface area contributed by atoms with Crippen LogP contribution in [0.25, 0.3) is 5.57 Å². The van der Waals surface area contributed by atoms with Crippen molar-refractivity contribution in [3.05, 3.63) is 53.4 Å². The zero-order valence-electron chi connectivity index (χ0n) is 9.79. The van der Waals surface area contributed by atoms with Gasteiger partial charge in [0.05, 0.1) is 5.57 Å². The van der Waals surface area contributed by atoms with Gasteiger partial charge in [0.2, 0.25) is 5.83 Å². The Bertz CT molecular complexity index is 557. The van der Waals surface area contributed by atoms with Crippen LogP contribution in [-0.4, -0.2) is 12.4 Å². The summed E-state index contributed by atoms with van der Waals surface area (Å²) in [5.74, 6) is -3.25. The second-order valence-corrected chi connectivity index (χ2v) is 3.69. The van der Waals surface area contributed by atoms with Crippen molar-refractivity contribution in [1.29, 1.82) is 0 Å². The van der Waals surface area contributed by atoms with Crippen LogP contribution < -0.4 is 0 Å². The Morgan fingerprint density at radius 2 is 1.19 bits per heavy atom. The average Bonchev–Trinajstić information content (AvgIpc) is 2.32.